The first-order valence-corrected chi connectivity index (χ1v) is 12.5. The maximum Gasteiger partial charge on any atom is 0.407 e. The van der Waals surface area contributed by atoms with Crippen molar-refractivity contribution in [2.75, 3.05) is 17.2 Å². The molecule has 2 aromatic carbocycles. The third-order valence-electron chi connectivity index (χ3n) is 5.73. The number of alkyl carbamates (subject to hydrolysis) is 1. The van der Waals surface area contributed by atoms with E-state index in [1.54, 1.807) is 12.1 Å². The van der Waals surface area contributed by atoms with Crippen LogP contribution in [-0.4, -0.2) is 38.7 Å². The fraction of sp³-hybridized carbons (Fsp3) is 0.259. The van der Waals surface area contributed by atoms with Crippen molar-refractivity contribution in [3.8, 4) is 11.5 Å². The number of anilines is 3. The summed E-state index contributed by atoms with van der Waals surface area (Å²) >= 11 is 6.56. The highest BCUT2D eigenvalue weighted by Gasteiger charge is 2.22. The van der Waals surface area contributed by atoms with Crippen LogP contribution >= 0.6 is 11.6 Å². The summed E-state index contributed by atoms with van der Waals surface area (Å²) in [5, 5.41) is 9.28. The van der Waals surface area contributed by atoms with E-state index < -0.39 is 11.7 Å². The lowest BCUT2D eigenvalue weighted by Crippen LogP contribution is -2.34. The van der Waals surface area contributed by atoms with Crippen LogP contribution in [0.1, 0.15) is 26.3 Å². The molecular weight excluding hydrogens is 508 g/mol. The molecule has 11 heteroatoms. The van der Waals surface area contributed by atoms with Crippen molar-refractivity contribution >= 4 is 51.8 Å². The normalized spacial score (nSPS) is 12.7. The number of hydrogen-bond donors (Lipinski definition) is 3. The zero-order valence-electron chi connectivity index (χ0n) is 21.2. The molecule has 10 nitrogen and oxygen atoms in total. The SMILES string of the molecule is CC(C)(C)OC(=O)NCCn1ccc2ncnc(Nc3ccc(Oc4cccc5c4CC(=O)N5)c(Cl)c3)c21. The molecule has 2 amide bonds. The average Bonchev–Trinajstić information content (AvgIpc) is 3.43. The number of amides is 2. The van der Waals surface area contributed by atoms with E-state index in [0.717, 1.165) is 22.3 Å². The lowest BCUT2D eigenvalue weighted by atomic mass is 10.1. The van der Waals surface area contributed by atoms with E-state index in [1.807, 2.05) is 61.9 Å². The molecule has 1 aliphatic rings. The minimum Gasteiger partial charge on any atom is -0.455 e. The van der Waals surface area contributed by atoms with Gasteiger partial charge in [-0.1, -0.05) is 17.7 Å². The monoisotopic (exact) mass is 534 g/mol. The van der Waals surface area contributed by atoms with Gasteiger partial charge in [-0.2, -0.15) is 0 Å². The third-order valence-corrected chi connectivity index (χ3v) is 6.03. The predicted octanol–water partition coefficient (Wildman–Crippen LogP) is 5.64. The third kappa shape index (κ3) is 5.65. The Morgan fingerprint density at radius 2 is 2.00 bits per heavy atom. The number of halogens is 1. The van der Waals surface area contributed by atoms with Gasteiger partial charge < -0.3 is 30.0 Å². The van der Waals surface area contributed by atoms with E-state index in [9.17, 15) is 9.59 Å². The Kier molecular flexibility index (Phi) is 6.81. The Bertz CT molecular complexity index is 1530. The molecule has 0 radical (unpaired) electrons. The number of nitrogens with one attached hydrogen (secondary N) is 3. The lowest BCUT2D eigenvalue weighted by Gasteiger charge is -2.19. The van der Waals surface area contributed by atoms with Crippen molar-refractivity contribution in [3.05, 3.63) is 65.6 Å². The summed E-state index contributed by atoms with van der Waals surface area (Å²) < 4.78 is 13.3. The molecule has 0 unspecified atom stereocenters. The van der Waals surface area contributed by atoms with Gasteiger partial charge in [0.25, 0.3) is 0 Å². The van der Waals surface area contributed by atoms with Gasteiger partial charge in [-0.15, -0.1) is 0 Å². The fourth-order valence-electron chi connectivity index (χ4n) is 4.14. The van der Waals surface area contributed by atoms with Gasteiger partial charge in [0.05, 0.1) is 17.0 Å². The Labute approximate surface area is 224 Å². The number of ether oxygens (including phenoxy) is 2. The minimum atomic E-state index is -0.561. The summed E-state index contributed by atoms with van der Waals surface area (Å²) in [6.45, 7) is 6.32. The van der Waals surface area contributed by atoms with Gasteiger partial charge in [-0.05, 0) is 57.2 Å². The molecule has 0 aliphatic carbocycles. The van der Waals surface area contributed by atoms with Crippen LogP contribution in [0.4, 0.5) is 22.0 Å². The highest BCUT2D eigenvalue weighted by atomic mass is 35.5. The van der Waals surface area contributed by atoms with Crippen LogP contribution in [0.25, 0.3) is 11.0 Å². The summed E-state index contributed by atoms with van der Waals surface area (Å²) in [7, 11) is 0. The number of benzene rings is 2. The van der Waals surface area contributed by atoms with Gasteiger partial charge in [-0.25, -0.2) is 14.8 Å². The van der Waals surface area contributed by atoms with E-state index in [4.69, 9.17) is 21.1 Å². The molecule has 0 saturated heterocycles. The number of aromatic nitrogens is 3. The van der Waals surface area contributed by atoms with Crippen molar-refractivity contribution < 1.29 is 19.1 Å². The number of hydrogen-bond acceptors (Lipinski definition) is 7. The Morgan fingerprint density at radius 1 is 1.16 bits per heavy atom. The smallest absolute Gasteiger partial charge is 0.407 e. The van der Waals surface area contributed by atoms with Crippen molar-refractivity contribution in [2.24, 2.45) is 0 Å². The maximum absolute atomic E-state index is 12.0. The van der Waals surface area contributed by atoms with Gasteiger partial charge in [0, 0.05) is 36.2 Å². The molecule has 0 fully saturated rings. The minimum absolute atomic E-state index is 0.0665. The van der Waals surface area contributed by atoms with Crippen LogP contribution in [0.2, 0.25) is 5.02 Å². The number of fused-ring (bicyclic) bond motifs is 2. The van der Waals surface area contributed by atoms with Crippen LogP contribution in [0.5, 0.6) is 11.5 Å². The summed E-state index contributed by atoms with van der Waals surface area (Å²) in [5.41, 5.74) is 3.24. The van der Waals surface area contributed by atoms with Crippen LogP contribution in [-0.2, 0) is 22.5 Å². The summed E-state index contributed by atoms with van der Waals surface area (Å²) in [6.07, 6.45) is 3.17. The van der Waals surface area contributed by atoms with Gasteiger partial charge in [0.15, 0.2) is 5.82 Å². The second kappa shape index (κ2) is 10.2. The van der Waals surface area contributed by atoms with Crippen molar-refractivity contribution in [2.45, 2.75) is 39.3 Å². The number of carbonyl (C=O) groups is 2. The van der Waals surface area contributed by atoms with E-state index >= 15 is 0 Å². The Hall–Kier alpha value is -4.31. The highest BCUT2D eigenvalue weighted by Crippen LogP contribution is 2.38. The van der Waals surface area contributed by atoms with Crippen LogP contribution < -0.4 is 20.7 Å². The number of nitrogens with zero attached hydrogens (tertiary/aromatic N) is 3. The second-order valence-electron chi connectivity index (χ2n) is 9.77. The molecule has 1 aliphatic heterocycles. The molecule has 0 atom stereocenters. The first kappa shape index (κ1) is 25.3. The summed E-state index contributed by atoms with van der Waals surface area (Å²) in [5.74, 6) is 1.57. The van der Waals surface area contributed by atoms with E-state index in [-0.39, 0.29) is 12.3 Å². The molecule has 4 aromatic rings. The zero-order valence-corrected chi connectivity index (χ0v) is 21.9. The molecule has 38 heavy (non-hydrogen) atoms. The Balaban J connectivity index is 1.30. The fourth-order valence-corrected chi connectivity index (χ4v) is 4.35. The van der Waals surface area contributed by atoms with Crippen LogP contribution in [0.15, 0.2) is 55.0 Å². The summed E-state index contributed by atoms with van der Waals surface area (Å²) in [6, 6.07) is 12.7. The van der Waals surface area contributed by atoms with E-state index in [1.165, 1.54) is 6.33 Å². The molecule has 3 N–H and O–H groups in total. The molecule has 2 aromatic heterocycles. The van der Waals surface area contributed by atoms with Crippen molar-refractivity contribution in [1.82, 2.24) is 19.9 Å². The van der Waals surface area contributed by atoms with Crippen LogP contribution in [0, 0.1) is 0 Å². The summed E-state index contributed by atoms with van der Waals surface area (Å²) in [4.78, 5) is 32.5. The second-order valence-corrected chi connectivity index (χ2v) is 10.2. The number of carbonyl (C=O) groups excluding carboxylic acids is 2. The Morgan fingerprint density at radius 3 is 2.79 bits per heavy atom. The predicted molar refractivity (Wildman–Crippen MR) is 145 cm³/mol. The largest absolute Gasteiger partial charge is 0.455 e. The van der Waals surface area contributed by atoms with Crippen molar-refractivity contribution in [3.63, 3.8) is 0 Å². The first-order valence-electron chi connectivity index (χ1n) is 12.1. The topological polar surface area (TPSA) is 119 Å². The van der Waals surface area contributed by atoms with Crippen LogP contribution in [0.3, 0.4) is 0 Å². The highest BCUT2D eigenvalue weighted by molar-refractivity contribution is 6.32. The average molecular weight is 535 g/mol. The van der Waals surface area contributed by atoms with E-state index in [0.29, 0.717) is 41.1 Å². The molecule has 196 valence electrons. The van der Waals surface area contributed by atoms with Gasteiger partial charge in [0.2, 0.25) is 5.91 Å². The van der Waals surface area contributed by atoms with Gasteiger partial charge in [-0.3, -0.25) is 4.79 Å². The van der Waals surface area contributed by atoms with E-state index in [2.05, 4.69) is 25.9 Å². The number of rotatable bonds is 7. The quantitative estimate of drug-likeness (QED) is 0.280. The van der Waals surface area contributed by atoms with Gasteiger partial charge >= 0.3 is 6.09 Å². The zero-order chi connectivity index (χ0) is 26.9. The molecule has 0 bridgehead atoms. The molecule has 0 saturated carbocycles. The lowest BCUT2D eigenvalue weighted by molar-refractivity contribution is -0.115. The molecular formula is C27H27ClN6O4. The molecule has 3 heterocycles. The first-order chi connectivity index (χ1) is 18.2. The van der Waals surface area contributed by atoms with Gasteiger partial charge in [0.1, 0.15) is 28.9 Å². The maximum atomic E-state index is 12.0. The molecule has 5 rings (SSSR count). The standard InChI is InChI=1S/C27H27ClN6O4/c1-27(2,3)38-26(36)29-10-12-34-11-9-20-24(34)25(31-15-30-20)32-16-7-8-22(18(28)13-16)37-21-6-4-5-19-17(21)14-23(35)33-19/h4-9,11,13,15H,10,12,14H2,1-3H3,(H,29,36)(H,33,35)(H,30,31,32). The van der Waals surface area contributed by atoms with Crippen molar-refractivity contribution in [1.29, 1.82) is 0 Å². The molecule has 0 spiro atoms.